The normalized spacial score (nSPS) is 12.5. The maximum atomic E-state index is 11.6. The smallest absolute Gasteiger partial charge is 0.237 e. The summed E-state index contributed by atoms with van der Waals surface area (Å²) in [7, 11) is 0. The molecule has 1 aromatic heterocycles. The number of hydrogen-bond acceptors (Lipinski definition) is 3. The van der Waals surface area contributed by atoms with Crippen molar-refractivity contribution in [1.29, 1.82) is 0 Å². The molecular weight excluding hydrogens is 202 g/mol. The zero-order chi connectivity index (χ0) is 12.0. The molecule has 0 aromatic carbocycles. The van der Waals surface area contributed by atoms with Crippen LogP contribution in [0, 0.1) is 5.92 Å². The van der Waals surface area contributed by atoms with Gasteiger partial charge in [0.05, 0.1) is 6.04 Å². The third-order valence-electron chi connectivity index (χ3n) is 2.25. The van der Waals surface area contributed by atoms with E-state index in [4.69, 9.17) is 5.73 Å². The number of carbonyl (C=O) groups excluding carboxylic acids is 1. The van der Waals surface area contributed by atoms with Crippen LogP contribution in [0.1, 0.15) is 25.8 Å². The highest BCUT2D eigenvalue weighted by Gasteiger charge is 2.14. The monoisotopic (exact) mass is 221 g/mol. The van der Waals surface area contributed by atoms with E-state index in [2.05, 4.69) is 10.3 Å². The van der Waals surface area contributed by atoms with Crippen molar-refractivity contribution in [1.82, 2.24) is 10.3 Å². The van der Waals surface area contributed by atoms with E-state index >= 15 is 0 Å². The fourth-order valence-corrected chi connectivity index (χ4v) is 1.44. The Labute approximate surface area is 96.3 Å². The zero-order valence-corrected chi connectivity index (χ0v) is 9.81. The first-order valence-electron chi connectivity index (χ1n) is 5.51. The van der Waals surface area contributed by atoms with Gasteiger partial charge in [-0.25, -0.2) is 0 Å². The standard InChI is InChI=1S/C12H19N3O/c1-9(2)6-11(13)12(16)15-8-10-4-3-5-14-7-10/h3-5,7,9,11H,6,8,13H2,1-2H3,(H,15,16)/t11-/m0/s1. The Morgan fingerprint density at radius 2 is 2.31 bits per heavy atom. The van der Waals surface area contributed by atoms with Crippen molar-refractivity contribution in [3.63, 3.8) is 0 Å². The Balaban J connectivity index is 2.35. The number of amides is 1. The lowest BCUT2D eigenvalue weighted by Gasteiger charge is -2.13. The van der Waals surface area contributed by atoms with E-state index in [-0.39, 0.29) is 5.91 Å². The summed E-state index contributed by atoms with van der Waals surface area (Å²) in [5, 5.41) is 2.80. The number of nitrogens with zero attached hydrogens (tertiary/aromatic N) is 1. The Bertz CT molecular complexity index is 324. The molecule has 0 radical (unpaired) electrons. The summed E-state index contributed by atoms with van der Waals surface area (Å²) in [6.45, 7) is 4.58. The minimum atomic E-state index is -0.420. The Hall–Kier alpha value is -1.42. The summed E-state index contributed by atoms with van der Waals surface area (Å²) in [5.41, 5.74) is 6.73. The molecule has 0 aliphatic heterocycles. The van der Waals surface area contributed by atoms with Crippen molar-refractivity contribution < 1.29 is 4.79 Å². The second kappa shape index (κ2) is 6.23. The minimum absolute atomic E-state index is 0.0995. The van der Waals surface area contributed by atoms with Gasteiger partial charge in [-0.05, 0) is 24.0 Å². The molecule has 16 heavy (non-hydrogen) atoms. The first-order chi connectivity index (χ1) is 7.59. The molecule has 1 atom stereocenters. The number of rotatable bonds is 5. The second-order valence-electron chi connectivity index (χ2n) is 4.32. The molecule has 1 amide bonds. The summed E-state index contributed by atoms with van der Waals surface area (Å²) < 4.78 is 0. The van der Waals surface area contributed by atoms with Gasteiger partial charge in [-0.1, -0.05) is 19.9 Å². The van der Waals surface area contributed by atoms with Crippen LogP contribution in [0.15, 0.2) is 24.5 Å². The number of nitrogens with two attached hydrogens (primary N) is 1. The summed E-state index contributed by atoms with van der Waals surface area (Å²) in [6.07, 6.45) is 4.14. The van der Waals surface area contributed by atoms with Crippen molar-refractivity contribution in [3.8, 4) is 0 Å². The van der Waals surface area contributed by atoms with Gasteiger partial charge in [0.1, 0.15) is 0 Å². The minimum Gasteiger partial charge on any atom is -0.351 e. The number of hydrogen-bond donors (Lipinski definition) is 2. The molecular formula is C12H19N3O. The zero-order valence-electron chi connectivity index (χ0n) is 9.81. The van der Waals surface area contributed by atoms with Crippen LogP contribution in [0.5, 0.6) is 0 Å². The first-order valence-corrected chi connectivity index (χ1v) is 5.51. The van der Waals surface area contributed by atoms with Gasteiger partial charge in [0, 0.05) is 18.9 Å². The van der Waals surface area contributed by atoms with Crippen LogP contribution in [0.3, 0.4) is 0 Å². The molecule has 1 rings (SSSR count). The molecule has 0 aliphatic carbocycles. The highest BCUT2D eigenvalue weighted by atomic mass is 16.2. The lowest BCUT2D eigenvalue weighted by molar-refractivity contribution is -0.122. The molecule has 0 saturated carbocycles. The predicted octanol–water partition coefficient (Wildman–Crippen LogP) is 1.07. The van der Waals surface area contributed by atoms with E-state index in [1.54, 1.807) is 12.4 Å². The highest BCUT2D eigenvalue weighted by Crippen LogP contribution is 2.03. The average Bonchev–Trinajstić information content (AvgIpc) is 2.26. The van der Waals surface area contributed by atoms with Crippen LogP contribution in [-0.2, 0) is 11.3 Å². The molecule has 0 saturated heterocycles. The average molecular weight is 221 g/mol. The van der Waals surface area contributed by atoms with Gasteiger partial charge in [-0.3, -0.25) is 9.78 Å². The third kappa shape index (κ3) is 4.40. The Morgan fingerprint density at radius 3 is 2.88 bits per heavy atom. The Morgan fingerprint density at radius 1 is 1.56 bits per heavy atom. The van der Waals surface area contributed by atoms with E-state index < -0.39 is 6.04 Å². The van der Waals surface area contributed by atoms with E-state index in [1.165, 1.54) is 0 Å². The van der Waals surface area contributed by atoms with Crippen molar-refractivity contribution >= 4 is 5.91 Å². The molecule has 1 heterocycles. The molecule has 3 N–H and O–H groups in total. The van der Waals surface area contributed by atoms with Crippen LogP contribution in [-0.4, -0.2) is 16.9 Å². The molecule has 0 unspecified atom stereocenters. The van der Waals surface area contributed by atoms with Gasteiger partial charge in [0.25, 0.3) is 0 Å². The van der Waals surface area contributed by atoms with Crippen molar-refractivity contribution in [3.05, 3.63) is 30.1 Å². The van der Waals surface area contributed by atoms with Gasteiger partial charge >= 0.3 is 0 Å². The fourth-order valence-electron chi connectivity index (χ4n) is 1.44. The largest absolute Gasteiger partial charge is 0.351 e. The maximum absolute atomic E-state index is 11.6. The summed E-state index contributed by atoms with van der Waals surface area (Å²) in [6, 6.07) is 3.34. The van der Waals surface area contributed by atoms with Gasteiger partial charge in [-0.2, -0.15) is 0 Å². The van der Waals surface area contributed by atoms with Gasteiger partial charge in [-0.15, -0.1) is 0 Å². The van der Waals surface area contributed by atoms with Gasteiger partial charge in [0.15, 0.2) is 0 Å². The number of aromatic nitrogens is 1. The predicted molar refractivity (Wildman–Crippen MR) is 63.5 cm³/mol. The SMILES string of the molecule is CC(C)C[C@H](N)C(=O)NCc1cccnc1. The van der Waals surface area contributed by atoms with Crippen molar-refractivity contribution in [2.24, 2.45) is 11.7 Å². The van der Waals surface area contributed by atoms with Crippen molar-refractivity contribution in [2.75, 3.05) is 0 Å². The molecule has 0 fully saturated rings. The Kier molecular flexibility index (Phi) is 4.92. The molecule has 0 spiro atoms. The van der Waals surface area contributed by atoms with E-state index in [1.807, 2.05) is 26.0 Å². The molecule has 0 bridgehead atoms. The van der Waals surface area contributed by atoms with E-state index in [9.17, 15) is 4.79 Å². The summed E-state index contributed by atoms with van der Waals surface area (Å²) >= 11 is 0. The number of carbonyl (C=O) groups is 1. The van der Waals surface area contributed by atoms with Crippen molar-refractivity contribution in [2.45, 2.75) is 32.9 Å². The van der Waals surface area contributed by atoms with Crippen LogP contribution in [0.25, 0.3) is 0 Å². The lowest BCUT2D eigenvalue weighted by Crippen LogP contribution is -2.41. The topological polar surface area (TPSA) is 68.0 Å². The van der Waals surface area contributed by atoms with E-state index in [0.29, 0.717) is 18.9 Å². The van der Waals surface area contributed by atoms with Gasteiger partial charge in [0.2, 0.25) is 5.91 Å². The van der Waals surface area contributed by atoms with Crippen LogP contribution in [0.4, 0.5) is 0 Å². The summed E-state index contributed by atoms with van der Waals surface area (Å²) in [4.78, 5) is 15.6. The molecule has 0 aliphatic rings. The second-order valence-corrected chi connectivity index (χ2v) is 4.32. The maximum Gasteiger partial charge on any atom is 0.237 e. The number of nitrogens with one attached hydrogen (secondary N) is 1. The summed E-state index contributed by atoms with van der Waals surface area (Å²) in [5.74, 6) is 0.330. The van der Waals surface area contributed by atoms with E-state index in [0.717, 1.165) is 5.56 Å². The molecule has 88 valence electrons. The molecule has 4 nitrogen and oxygen atoms in total. The fraction of sp³-hybridized carbons (Fsp3) is 0.500. The molecule has 1 aromatic rings. The highest BCUT2D eigenvalue weighted by molar-refractivity contribution is 5.81. The van der Waals surface area contributed by atoms with Gasteiger partial charge < -0.3 is 11.1 Å². The first kappa shape index (κ1) is 12.6. The van der Waals surface area contributed by atoms with Crippen LogP contribution < -0.4 is 11.1 Å². The lowest BCUT2D eigenvalue weighted by atomic mass is 10.0. The third-order valence-corrected chi connectivity index (χ3v) is 2.25. The van der Waals surface area contributed by atoms with Crippen LogP contribution >= 0.6 is 0 Å². The quantitative estimate of drug-likeness (QED) is 0.781. The molecule has 4 heteroatoms. The van der Waals surface area contributed by atoms with Crippen LogP contribution in [0.2, 0.25) is 0 Å². The number of pyridine rings is 1.